The van der Waals surface area contributed by atoms with Gasteiger partial charge >= 0.3 is 0 Å². The third-order valence-electron chi connectivity index (χ3n) is 2.48. The molecule has 0 aromatic heterocycles. The van der Waals surface area contributed by atoms with Crippen LogP contribution in [0.2, 0.25) is 10.0 Å². The maximum absolute atomic E-state index is 6.14. The minimum absolute atomic E-state index is 0.350. The summed E-state index contributed by atoms with van der Waals surface area (Å²) in [6.07, 6.45) is 0. The molecule has 0 spiro atoms. The molecular weight excluding hydrogens is 275 g/mol. The number of halogens is 2. The van der Waals surface area contributed by atoms with Gasteiger partial charge in [-0.1, -0.05) is 41.5 Å². The zero-order valence-corrected chi connectivity index (χ0v) is 12.2. The molecule has 94 valence electrons. The number of hydrogen-bond donors (Lipinski definition) is 1. The molecule has 1 rings (SSSR count). The smallest absolute Gasteiger partial charge is 0.0870 e. The highest BCUT2D eigenvalue weighted by atomic mass is 35.5. The van der Waals surface area contributed by atoms with Crippen molar-refractivity contribution in [3.05, 3.63) is 33.8 Å². The number of nitrogens with zero attached hydrogens (tertiary/aromatic N) is 1. The van der Waals surface area contributed by atoms with Crippen LogP contribution in [0.1, 0.15) is 19.4 Å². The zero-order chi connectivity index (χ0) is 13.0. The van der Waals surface area contributed by atoms with Crippen molar-refractivity contribution in [3.8, 4) is 0 Å². The molecule has 1 aromatic rings. The van der Waals surface area contributed by atoms with E-state index in [0.717, 1.165) is 5.56 Å². The average molecular weight is 291 g/mol. The normalized spacial score (nSPS) is 11.2. The van der Waals surface area contributed by atoms with Crippen molar-refractivity contribution in [2.24, 2.45) is 5.73 Å². The summed E-state index contributed by atoms with van der Waals surface area (Å²) in [5.74, 6) is 0. The summed E-state index contributed by atoms with van der Waals surface area (Å²) in [6, 6.07) is 5.86. The zero-order valence-electron chi connectivity index (χ0n) is 9.91. The Balaban J connectivity index is 2.82. The molecule has 0 unspecified atom stereocenters. The van der Waals surface area contributed by atoms with Crippen LogP contribution in [-0.2, 0) is 6.54 Å². The molecule has 0 fully saturated rings. The molecule has 0 saturated carbocycles. The highest BCUT2D eigenvalue weighted by molar-refractivity contribution is 7.80. The van der Waals surface area contributed by atoms with Gasteiger partial charge in [-0.3, -0.25) is 4.90 Å². The lowest BCUT2D eigenvalue weighted by atomic mass is 10.2. The predicted octanol–water partition coefficient (Wildman–Crippen LogP) is 3.49. The third kappa shape index (κ3) is 4.80. The molecule has 0 aliphatic heterocycles. The summed E-state index contributed by atoms with van der Waals surface area (Å²) in [6.45, 7) is 5.50. The summed E-state index contributed by atoms with van der Waals surface area (Å²) in [4.78, 5) is 2.65. The third-order valence-corrected chi connectivity index (χ3v) is 3.19. The van der Waals surface area contributed by atoms with E-state index in [2.05, 4.69) is 18.7 Å². The van der Waals surface area contributed by atoms with Crippen molar-refractivity contribution in [2.75, 3.05) is 6.54 Å². The van der Waals surface area contributed by atoms with Crippen molar-refractivity contribution >= 4 is 40.4 Å². The second kappa shape index (κ2) is 6.55. The van der Waals surface area contributed by atoms with Gasteiger partial charge in [0.15, 0.2) is 0 Å². The summed E-state index contributed by atoms with van der Waals surface area (Å²) in [7, 11) is 0. The molecule has 0 radical (unpaired) electrons. The molecule has 0 saturated heterocycles. The SMILES string of the molecule is CC(C)N(CC(N)=S)Cc1ccc(Cl)cc1Cl. The Bertz CT molecular complexity index is 407. The van der Waals surface area contributed by atoms with Crippen molar-refractivity contribution in [2.45, 2.75) is 26.4 Å². The lowest BCUT2D eigenvalue weighted by Gasteiger charge is -2.26. The molecule has 0 atom stereocenters. The quantitative estimate of drug-likeness (QED) is 0.842. The largest absolute Gasteiger partial charge is 0.392 e. The van der Waals surface area contributed by atoms with Crippen LogP contribution in [0.4, 0.5) is 0 Å². The molecule has 17 heavy (non-hydrogen) atoms. The van der Waals surface area contributed by atoms with Gasteiger partial charge in [-0.15, -0.1) is 0 Å². The van der Waals surface area contributed by atoms with Gasteiger partial charge in [0.1, 0.15) is 0 Å². The fourth-order valence-corrected chi connectivity index (χ4v) is 2.12. The molecule has 5 heteroatoms. The molecule has 0 aliphatic rings. The van der Waals surface area contributed by atoms with E-state index in [9.17, 15) is 0 Å². The lowest BCUT2D eigenvalue weighted by molar-refractivity contribution is 0.245. The van der Waals surface area contributed by atoms with E-state index in [1.807, 2.05) is 12.1 Å². The molecule has 0 aliphatic carbocycles. The monoisotopic (exact) mass is 290 g/mol. The Morgan fingerprint density at radius 2 is 2.06 bits per heavy atom. The van der Waals surface area contributed by atoms with Crippen LogP contribution in [0.5, 0.6) is 0 Å². The second-order valence-electron chi connectivity index (χ2n) is 4.20. The van der Waals surface area contributed by atoms with Gasteiger partial charge in [-0.25, -0.2) is 0 Å². The summed E-state index contributed by atoms with van der Waals surface area (Å²) in [5, 5.41) is 1.32. The minimum atomic E-state index is 0.350. The topological polar surface area (TPSA) is 29.3 Å². The van der Waals surface area contributed by atoms with E-state index in [0.29, 0.717) is 34.2 Å². The van der Waals surface area contributed by atoms with E-state index in [-0.39, 0.29) is 0 Å². The molecule has 1 aromatic carbocycles. The Kier molecular flexibility index (Phi) is 5.67. The number of hydrogen-bond acceptors (Lipinski definition) is 2. The summed E-state index contributed by atoms with van der Waals surface area (Å²) < 4.78 is 0. The lowest BCUT2D eigenvalue weighted by Crippen LogP contribution is -2.37. The van der Waals surface area contributed by atoms with Crippen LogP contribution >= 0.6 is 35.4 Å². The molecule has 2 N–H and O–H groups in total. The van der Waals surface area contributed by atoms with E-state index in [1.165, 1.54) is 0 Å². The van der Waals surface area contributed by atoms with Gasteiger partial charge in [-0.2, -0.15) is 0 Å². The second-order valence-corrected chi connectivity index (χ2v) is 5.57. The predicted molar refractivity (Wildman–Crippen MR) is 78.8 cm³/mol. The van der Waals surface area contributed by atoms with Crippen LogP contribution < -0.4 is 5.73 Å². The standard InChI is InChI=1S/C12H16Cl2N2S/c1-8(2)16(7-12(15)17)6-9-3-4-10(13)5-11(9)14/h3-5,8H,6-7H2,1-2H3,(H2,15,17). The maximum atomic E-state index is 6.14. The molecule has 2 nitrogen and oxygen atoms in total. The van der Waals surface area contributed by atoms with E-state index in [1.54, 1.807) is 6.07 Å². The Morgan fingerprint density at radius 3 is 2.53 bits per heavy atom. The Labute approximate surface area is 118 Å². The number of benzene rings is 1. The number of rotatable bonds is 5. The van der Waals surface area contributed by atoms with E-state index < -0.39 is 0 Å². The van der Waals surface area contributed by atoms with Crippen molar-refractivity contribution < 1.29 is 0 Å². The highest BCUT2D eigenvalue weighted by Gasteiger charge is 2.13. The van der Waals surface area contributed by atoms with Crippen LogP contribution in [0.15, 0.2) is 18.2 Å². The summed E-state index contributed by atoms with van der Waals surface area (Å²) >= 11 is 16.9. The Hall–Kier alpha value is -0.350. The molecule has 0 bridgehead atoms. The first-order valence-corrected chi connectivity index (χ1v) is 6.53. The average Bonchev–Trinajstić information content (AvgIpc) is 2.19. The fourth-order valence-electron chi connectivity index (χ4n) is 1.49. The van der Waals surface area contributed by atoms with Gasteiger partial charge in [0, 0.05) is 29.2 Å². The fraction of sp³-hybridized carbons (Fsp3) is 0.417. The van der Waals surface area contributed by atoms with Gasteiger partial charge in [0.05, 0.1) is 4.99 Å². The van der Waals surface area contributed by atoms with Crippen LogP contribution in [-0.4, -0.2) is 22.5 Å². The van der Waals surface area contributed by atoms with Gasteiger partial charge in [0.25, 0.3) is 0 Å². The molecular formula is C12H16Cl2N2S. The van der Waals surface area contributed by atoms with E-state index >= 15 is 0 Å². The van der Waals surface area contributed by atoms with Crippen molar-refractivity contribution in [3.63, 3.8) is 0 Å². The minimum Gasteiger partial charge on any atom is -0.392 e. The number of nitrogens with two attached hydrogens (primary N) is 1. The first-order valence-electron chi connectivity index (χ1n) is 5.36. The highest BCUT2D eigenvalue weighted by Crippen LogP contribution is 2.22. The summed E-state index contributed by atoms with van der Waals surface area (Å²) in [5.41, 5.74) is 6.61. The van der Waals surface area contributed by atoms with Crippen LogP contribution in [0.3, 0.4) is 0 Å². The number of thiocarbonyl (C=S) groups is 1. The van der Waals surface area contributed by atoms with Gasteiger partial charge in [0.2, 0.25) is 0 Å². The van der Waals surface area contributed by atoms with Gasteiger partial charge < -0.3 is 5.73 Å². The van der Waals surface area contributed by atoms with E-state index in [4.69, 9.17) is 41.2 Å². The van der Waals surface area contributed by atoms with Gasteiger partial charge in [-0.05, 0) is 31.5 Å². The van der Waals surface area contributed by atoms with Crippen LogP contribution in [0, 0.1) is 0 Å². The maximum Gasteiger partial charge on any atom is 0.0870 e. The molecule has 0 amide bonds. The van der Waals surface area contributed by atoms with Crippen molar-refractivity contribution in [1.29, 1.82) is 0 Å². The van der Waals surface area contributed by atoms with Crippen LogP contribution in [0.25, 0.3) is 0 Å². The molecule has 0 heterocycles. The first kappa shape index (κ1) is 14.7. The van der Waals surface area contributed by atoms with Crippen molar-refractivity contribution in [1.82, 2.24) is 4.90 Å². The Morgan fingerprint density at radius 1 is 1.41 bits per heavy atom. The first-order chi connectivity index (χ1) is 7.90.